The third kappa shape index (κ3) is 3.43. The van der Waals surface area contributed by atoms with Gasteiger partial charge in [-0.3, -0.25) is 15.2 Å². The number of hydrazine groups is 1. The third-order valence-corrected chi connectivity index (χ3v) is 8.10. The Morgan fingerprint density at radius 2 is 1.92 bits per heavy atom. The highest BCUT2D eigenvalue weighted by Crippen LogP contribution is 2.32. The number of sulfone groups is 1. The Bertz CT molecular complexity index is 782. The van der Waals surface area contributed by atoms with Crippen molar-refractivity contribution in [2.45, 2.75) is 32.0 Å². The number of aryl methyl sites for hydroxylation is 2. The lowest BCUT2D eigenvalue weighted by molar-refractivity contribution is 0.0508. The van der Waals surface area contributed by atoms with Crippen LogP contribution in [0.4, 0.5) is 0 Å². The van der Waals surface area contributed by atoms with E-state index in [2.05, 4.69) is 59.7 Å². The largest absolute Gasteiger partial charge is 0.300 e. The molecule has 3 saturated heterocycles. The van der Waals surface area contributed by atoms with E-state index in [1.54, 1.807) is 0 Å². The lowest BCUT2D eigenvalue weighted by atomic mass is 9.89. The first kappa shape index (κ1) is 18.4. The summed E-state index contributed by atoms with van der Waals surface area (Å²) in [5.41, 5.74) is 10.7. The number of nitrogens with zero attached hydrogens (tertiary/aromatic N) is 2. The van der Waals surface area contributed by atoms with Crippen molar-refractivity contribution >= 4 is 9.84 Å². The second-order valence-corrected chi connectivity index (χ2v) is 10.5. The second-order valence-electron chi connectivity index (χ2n) is 8.31. The van der Waals surface area contributed by atoms with Crippen LogP contribution in [0, 0.1) is 19.8 Å². The van der Waals surface area contributed by atoms with Crippen molar-refractivity contribution < 1.29 is 8.42 Å². The summed E-state index contributed by atoms with van der Waals surface area (Å²) < 4.78 is 24.4. The number of likely N-dealkylation sites (N-methyl/N-ethyl adjacent to an activating group) is 1. The number of fused-ring (bicyclic) bond motifs is 1. The molecule has 6 nitrogen and oxygen atoms in total. The van der Waals surface area contributed by atoms with E-state index >= 15 is 0 Å². The van der Waals surface area contributed by atoms with Crippen LogP contribution >= 0.6 is 0 Å². The van der Waals surface area contributed by atoms with E-state index in [1.807, 2.05) is 0 Å². The molecule has 0 bridgehead atoms. The van der Waals surface area contributed by atoms with Crippen LogP contribution < -0.4 is 10.9 Å². The summed E-state index contributed by atoms with van der Waals surface area (Å²) in [5.74, 6) is 1.05. The predicted octanol–water partition coefficient (Wildman–Crippen LogP) is 0.482. The van der Waals surface area contributed by atoms with Gasteiger partial charge in [-0.05, 0) is 32.0 Å². The number of rotatable bonds is 3. The van der Waals surface area contributed by atoms with Gasteiger partial charge < -0.3 is 0 Å². The Kier molecular flexibility index (Phi) is 4.86. The highest BCUT2D eigenvalue weighted by Gasteiger charge is 2.46. The summed E-state index contributed by atoms with van der Waals surface area (Å²) in [4.78, 5) is 4.67. The zero-order valence-electron chi connectivity index (χ0n) is 15.9. The van der Waals surface area contributed by atoms with Gasteiger partial charge in [0.05, 0.1) is 17.5 Å². The summed E-state index contributed by atoms with van der Waals surface area (Å²) in [5, 5.41) is 0. The molecule has 26 heavy (non-hydrogen) atoms. The minimum absolute atomic E-state index is 0.138. The van der Waals surface area contributed by atoms with Crippen LogP contribution in [0.25, 0.3) is 0 Å². The number of benzene rings is 1. The smallest absolute Gasteiger partial charge is 0.153 e. The topological polar surface area (TPSA) is 64.7 Å². The molecule has 3 fully saturated rings. The fourth-order valence-electron chi connectivity index (χ4n) is 4.86. The summed E-state index contributed by atoms with van der Waals surface area (Å²) in [6, 6.07) is 7.18. The Balaban J connectivity index is 1.53. The Morgan fingerprint density at radius 3 is 2.73 bits per heavy atom. The van der Waals surface area contributed by atoms with Gasteiger partial charge in [-0.25, -0.2) is 13.8 Å². The van der Waals surface area contributed by atoms with E-state index in [1.165, 1.54) is 16.7 Å². The van der Waals surface area contributed by atoms with E-state index in [-0.39, 0.29) is 18.1 Å². The summed E-state index contributed by atoms with van der Waals surface area (Å²) in [6.45, 7) is 8.04. The number of piperazine rings is 1. The zero-order valence-corrected chi connectivity index (χ0v) is 16.7. The van der Waals surface area contributed by atoms with E-state index in [0.717, 1.165) is 26.2 Å². The van der Waals surface area contributed by atoms with Crippen LogP contribution in [-0.4, -0.2) is 75.0 Å². The van der Waals surface area contributed by atoms with Crippen molar-refractivity contribution in [3.8, 4) is 0 Å². The van der Waals surface area contributed by atoms with Gasteiger partial charge in [-0.1, -0.05) is 23.8 Å². The van der Waals surface area contributed by atoms with Gasteiger partial charge in [0.15, 0.2) is 9.84 Å². The number of hydrogen-bond acceptors (Lipinski definition) is 6. The highest BCUT2D eigenvalue weighted by atomic mass is 32.2. The monoisotopic (exact) mass is 378 g/mol. The Hall–Kier alpha value is -0.990. The maximum Gasteiger partial charge on any atom is 0.153 e. The highest BCUT2D eigenvalue weighted by molar-refractivity contribution is 7.91. The van der Waals surface area contributed by atoms with Crippen molar-refractivity contribution in [3.63, 3.8) is 0 Å². The molecule has 2 unspecified atom stereocenters. The molecule has 1 aromatic carbocycles. The second kappa shape index (κ2) is 6.87. The summed E-state index contributed by atoms with van der Waals surface area (Å²) in [6.07, 6.45) is 0. The minimum atomic E-state index is -2.92. The van der Waals surface area contributed by atoms with Crippen molar-refractivity contribution in [1.82, 2.24) is 20.7 Å². The molecule has 4 atom stereocenters. The Labute approximate surface area is 156 Å². The molecule has 7 heteroatoms. The van der Waals surface area contributed by atoms with Crippen LogP contribution in [0.3, 0.4) is 0 Å². The standard InChI is InChI=1S/C19H30N4O2S/c1-13-4-5-14(2)16(8-13)19-15(9-20-21-19)10-23-7-6-22(3)17-11-26(24,25)12-18(17)23/h4-5,8,15,17-21H,6-7,9-12H2,1-3H3/t15?,17-,18+,19?/m0/s1. The molecule has 4 rings (SSSR count). The summed E-state index contributed by atoms with van der Waals surface area (Å²) in [7, 11) is -0.858. The van der Waals surface area contributed by atoms with Crippen LogP contribution in [0.1, 0.15) is 22.7 Å². The van der Waals surface area contributed by atoms with Gasteiger partial charge in [0.1, 0.15) is 0 Å². The van der Waals surface area contributed by atoms with E-state index < -0.39 is 9.84 Å². The fraction of sp³-hybridized carbons (Fsp3) is 0.684. The quantitative estimate of drug-likeness (QED) is 0.798. The SMILES string of the molecule is Cc1ccc(C)c(C2NNCC2CN2CCN(C)[C@H]3CS(=O)(=O)C[C@H]32)c1. The van der Waals surface area contributed by atoms with Gasteiger partial charge >= 0.3 is 0 Å². The van der Waals surface area contributed by atoms with E-state index in [4.69, 9.17) is 0 Å². The predicted molar refractivity (Wildman–Crippen MR) is 104 cm³/mol. The first-order valence-corrected chi connectivity index (χ1v) is 11.4. The average Bonchev–Trinajstić information content (AvgIpc) is 3.16. The van der Waals surface area contributed by atoms with Gasteiger partial charge in [0.2, 0.25) is 0 Å². The average molecular weight is 379 g/mol. The van der Waals surface area contributed by atoms with E-state index in [9.17, 15) is 8.42 Å². The van der Waals surface area contributed by atoms with Gasteiger partial charge in [-0.2, -0.15) is 0 Å². The maximum atomic E-state index is 12.2. The van der Waals surface area contributed by atoms with Gasteiger partial charge in [-0.15, -0.1) is 0 Å². The fourth-order valence-corrected chi connectivity index (χ4v) is 6.94. The molecule has 0 aromatic heterocycles. The molecule has 0 spiro atoms. The lowest BCUT2D eigenvalue weighted by Crippen LogP contribution is -2.58. The van der Waals surface area contributed by atoms with Gasteiger partial charge in [0.25, 0.3) is 0 Å². The van der Waals surface area contributed by atoms with Crippen LogP contribution in [0.15, 0.2) is 18.2 Å². The van der Waals surface area contributed by atoms with Gasteiger partial charge in [0, 0.05) is 44.2 Å². The molecule has 1 aromatic rings. The molecule has 0 amide bonds. The first-order valence-electron chi connectivity index (χ1n) is 9.54. The lowest BCUT2D eigenvalue weighted by Gasteiger charge is -2.43. The van der Waals surface area contributed by atoms with Crippen LogP contribution in [0.2, 0.25) is 0 Å². The van der Waals surface area contributed by atoms with Crippen molar-refractivity contribution in [3.05, 3.63) is 34.9 Å². The molecule has 2 N–H and O–H groups in total. The number of nitrogens with one attached hydrogen (secondary N) is 2. The first-order chi connectivity index (χ1) is 12.3. The van der Waals surface area contributed by atoms with Crippen molar-refractivity contribution in [2.24, 2.45) is 5.92 Å². The van der Waals surface area contributed by atoms with Crippen molar-refractivity contribution in [2.75, 3.05) is 44.7 Å². The molecular weight excluding hydrogens is 348 g/mol. The minimum Gasteiger partial charge on any atom is -0.300 e. The molecule has 0 radical (unpaired) electrons. The molecule has 3 aliphatic rings. The van der Waals surface area contributed by atoms with Crippen LogP contribution in [0.5, 0.6) is 0 Å². The van der Waals surface area contributed by atoms with Crippen molar-refractivity contribution in [1.29, 1.82) is 0 Å². The zero-order chi connectivity index (χ0) is 18.5. The molecule has 0 aliphatic carbocycles. The van der Waals surface area contributed by atoms with Crippen LogP contribution in [-0.2, 0) is 9.84 Å². The van der Waals surface area contributed by atoms with E-state index in [0.29, 0.717) is 17.4 Å². The Morgan fingerprint density at radius 1 is 1.15 bits per heavy atom. The molecule has 144 valence electrons. The number of hydrogen-bond donors (Lipinski definition) is 2. The molecule has 3 heterocycles. The third-order valence-electron chi connectivity index (χ3n) is 6.40. The molecular formula is C19H30N4O2S. The normalized spacial score (nSPS) is 34.9. The molecule has 3 aliphatic heterocycles. The maximum absolute atomic E-state index is 12.2. The molecule has 0 saturated carbocycles. The summed E-state index contributed by atoms with van der Waals surface area (Å²) >= 11 is 0.